The van der Waals surface area contributed by atoms with Crippen LogP contribution in [0.4, 0.5) is 0 Å². The minimum atomic E-state index is -0.323. The molecule has 138 valence electrons. The van der Waals surface area contributed by atoms with Crippen LogP contribution in [0.2, 0.25) is 0 Å². The topological polar surface area (TPSA) is 110 Å². The molecule has 0 aromatic carbocycles. The molecule has 2 amide bonds. The number of carbonyl (C=O) groups excluding carboxylic acids is 2. The number of hydrogen-bond acceptors (Lipinski definition) is 5. The van der Waals surface area contributed by atoms with Gasteiger partial charge in [-0.2, -0.15) is 4.98 Å². The number of likely N-dealkylation sites (tertiary alicyclic amines) is 1. The largest absolute Gasteiger partial charge is 0.369 e. The molecule has 0 aliphatic carbocycles. The highest BCUT2D eigenvalue weighted by molar-refractivity contribution is 5.77. The zero-order valence-electron chi connectivity index (χ0n) is 15.0. The van der Waals surface area contributed by atoms with E-state index in [4.69, 9.17) is 5.73 Å². The minimum Gasteiger partial charge on any atom is -0.369 e. The Bertz CT molecular complexity index is 685. The molecule has 2 heterocycles. The van der Waals surface area contributed by atoms with Crippen LogP contribution >= 0.6 is 0 Å². The maximum absolute atomic E-state index is 12.0. The summed E-state index contributed by atoms with van der Waals surface area (Å²) in [7, 11) is 0. The van der Waals surface area contributed by atoms with Crippen LogP contribution in [0.25, 0.3) is 0 Å². The van der Waals surface area contributed by atoms with E-state index in [1.54, 1.807) is 6.92 Å². The van der Waals surface area contributed by atoms with Gasteiger partial charge in [-0.1, -0.05) is 0 Å². The molecule has 0 spiro atoms. The second-order valence-corrected chi connectivity index (χ2v) is 6.62. The average Bonchev–Trinajstić information content (AvgIpc) is 2.54. The predicted molar refractivity (Wildman–Crippen MR) is 94.0 cm³/mol. The van der Waals surface area contributed by atoms with Crippen molar-refractivity contribution in [1.82, 2.24) is 19.8 Å². The molecule has 8 heteroatoms. The van der Waals surface area contributed by atoms with Gasteiger partial charge in [0, 0.05) is 44.0 Å². The molecule has 0 radical (unpaired) electrons. The van der Waals surface area contributed by atoms with E-state index >= 15 is 0 Å². The van der Waals surface area contributed by atoms with E-state index in [1.807, 2.05) is 13.0 Å². The Kier molecular flexibility index (Phi) is 6.69. The van der Waals surface area contributed by atoms with Crippen molar-refractivity contribution >= 4 is 11.8 Å². The fourth-order valence-corrected chi connectivity index (χ4v) is 3.19. The number of nitrogens with one attached hydrogen (secondary N) is 1. The summed E-state index contributed by atoms with van der Waals surface area (Å²) in [5.74, 6) is -0.440. The number of primary amides is 1. The number of nitrogens with two attached hydrogens (primary N) is 1. The van der Waals surface area contributed by atoms with Crippen LogP contribution in [-0.4, -0.2) is 52.4 Å². The molecule has 1 aliphatic heterocycles. The highest BCUT2D eigenvalue weighted by atomic mass is 16.2. The van der Waals surface area contributed by atoms with E-state index in [9.17, 15) is 14.4 Å². The Labute approximate surface area is 147 Å². The van der Waals surface area contributed by atoms with Gasteiger partial charge in [-0.15, -0.1) is 0 Å². The number of nitrogens with zero attached hydrogens (tertiary/aromatic N) is 3. The van der Waals surface area contributed by atoms with Crippen LogP contribution in [0, 0.1) is 19.8 Å². The lowest BCUT2D eigenvalue weighted by atomic mass is 9.97. The van der Waals surface area contributed by atoms with Crippen molar-refractivity contribution in [2.24, 2.45) is 11.7 Å². The van der Waals surface area contributed by atoms with Crippen LogP contribution < -0.4 is 16.7 Å². The average molecular weight is 349 g/mol. The van der Waals surface area contributed by atoms with Gasteiger partial charge >= 0.3 is 5.69 Å². The number of hydrogen-bond donors (Lipinski definition) is 2. The maximum atomic E-state index is 12.0. The second-order valence-electron chi connectivity index (χ2n) is 6.62. The molecular weight excluding hydrogens is 322 g/mol. The Morgan fingerprint density at radius 1 is 1.36 bits per heavy atom. The molecule has 2 rings (SSSR count). The number of carbonyl (C=O) groups is 2. The third-order valence-corrected chi connectivity index (χ3v) is 4.57. The van der Waals surface area contributed by atoms with Crippen LogP contribution in [0.1, 0.15) is 30.7 Å². The van der Waals surface area contributed by atoms with Gasteiger partial charge in [-0.3, -0.25) is 14.2 Å². The molecule has 1 fully saturated rings. The van der Waals surface area contributed by atoms with Crippen molar-refractivity contribution in [2.75, 3.05) is 26.2 Å². The van der Waals surface area contributed by atoms with Crippen molar-refractivity contribution in [3.8, 4) is 0 Å². The fourth-order valence-electron chi connectivity index (χ4n) is 3.19. The van der Waals surface area contributed by atoms with Crippen LogP contribution in [-0.2, 0) is 16.1 Å². The molecule has 1 aliphatic rings. The van der Waals surface area contributed by atoms with Crippen LogP contribution in [0.15, 0.2) is 10.9 Å². The maximum Gasteiger partial charge on any atom is 0.347 e. The summed E-state index contributed by atoms with van der Waals surface area (Å²) in [6.07, 6.45) is 2.02. The molecule has 0 bridgehead atoms. The van der Waals surface area contributed by atoms with Crippen LogP contribution in [0.3, 0.4) is 0 Å². The summed E-state index contributed by atoms with van der Waals surface area (Å²) in [6, 6.07) is 1.82. The third-order valence-electron chi connectivity index (χ3n) is 4.57. The van der Waals surface area contributed by atoms with E-state index in [2.05, 4.69) is 15.2 Å². The molecule has 3 N–H and O–H groups in total. The number of rotatable bonds is 7. The summed E-state index contributed by atoms with van der Waals surface area (Å²) >= 11 is 0. The summed E-state index contributed by atoms with van der Waals surface area (Å²) in [6.45, 7) is 6.72. The normalized spacial score (nSPS) is 18.1. The molecule has 0 saturated carbocycles. The Balaban J connectivity index is 1.73. The number of amides is 2. The van der Waals surface area contributed by atoms with Crippen molar-refractivity contribution in [1.29, 1.82) is 0 Å². The second kappa shape index (κ2) is 8.75. The molecule has 1 saturated heterocycles. The summed E-state index contributed by atoms with van der Waals surface area (Å²) in [4.78, 5) is 41.1. The lowest BCUT2D eigenvalue weighted by molar-refractivity contribution is -0.124. The quantitative estimate of drug-likeness (QED) is 0.694. The lowest BCUT2D eigenvalue weighted by Crippen LogP contribution is -2.44. The molecule has 1 aromatic heterocycles. The van der Waals surface area contributed by atoms with Gasteiger partial charge in [-0.05, 0) is 39.3 Å². The zero-order valence-corrected chi connectivity index (χ0v) is 15.0. The Hall–Kier alpha value is -2.22. The molecule has 8 nitrogen and oxygen atoms in total. The molecule has 1 atom stereocenters. The highest BCUT2D eigenvalue weighted by Gasteiger charge is 2.23. The van der Waals surface area contributed by atoms with E-state index in [0.29, 0.717) is 31.9 Å². The Morgan fingerprint density at radius 2 is 2.12 bits per heavy atom. The number of aromatic nitrogens is 2. The van der Waals surface area contributed by atoms with E-state index in [-0.39, 0.29) is 29.8 Å². The molecular formula is C17H27N5O3. The van der Waals surface area contributed by atoms with Gasteiger partial charge in [0.05, 0.1) is 5.92 Å². The first kappa shape index (κ1) is 19.1. The number of aryl methyl sites for hydroxylation is 2. The summed E-state index contributed by atoms with van der Waals surface area (Å²) in [5, 5.41) is 2.86. The monoisotopic (exact) mass is 349 g/mol. The van der Waals surface area contributed by atoms with Crippen LogP contribution in [0.5, 0.6) is 0 Å². The van der Waals surface area contributed by atoms with Gasteiger partial charge in [0.25, 0.3) is 0 Å². The van der Waals surface area contributed by atoms with Gasteiger partial charge < -0.3 is 16.0 Å². The predicted octanol–water partition coefficient (Wildman–Crippen LogP) is -0.436. The third kappa shape index (κ3) is 5.67. The van der Waals surface area contributed by atoms with Crippen molar-refractivity contribution in [3.05, 3.63) is 27.9 Å². The molecule has 25 heavy (non-hydrogen) atoms. The van der Waals surface area contributed by atoms with Gasteiger partial charge in [0.15, 0.2) is 0 Å². The minimum absolute atomic E-state index is 0.0895. The number of piperidine rings is 1. The molecule has 0 unspecified atom stereocenters. The lowest BCUT2D eigenvalue weighted by Gasteiger charge is -2.31. The van der Waals surface area contributed by atoms with Gasteiger partial charge in [0.1, 0.15) is 0 Å². The van der Waals surface area contributed by atoms with Gasteiger partial charge in [0.2, 0.25) is 11.8 Å². The zero-order chi connectivity index (χ0) is 18.4. The summed E-state index contributed by atoms with van der Waals surface area (Å²) < 4.78 is 1.51. The SMILES string of the molecule is Cc1cc(C)n(CCC(=O)NCCN2CCC[C@@H](C(N)=O)C2)c(=O)n1. The first-order valence-electron chi connectivity index (χ1n) is 8.70. The van der Waals surface area contributed by atoms with E-state index in [1.165, 1.54) is 4.57 Å². The van der Waals surface area contributed by atoms with Crippen molar-refractivity contribution in [2.45, 2.75) is 39.7 Å². The van der Waals surface area contributed by atoms with E-state index < -0.39 is 0 Å². The summed E-state index contributed by atoms with van der Waals surface area (Å²) in [5.41, 5.74) is 6.53. The highest BCUT2D eigenvalue weighted by Crippen LogP contribution is 2.15. The first-order valence-corrected chi connectivity index (χ1v) is 8.70. The Morgan fingerprint density at radius 3 is 2.80 bits per heavy atom. The van der Waals surface area contributed by atoms with Crippen molar-refractivity contribution in [3.63, 3.8) is 0 Å². The molecule has 1 aromatic rings. The standard InChI is InChI=1S/C17H27N5O3/c1-12-10-13(2)22(17(25)20-12)8-5-15(23)19-6-9-21-7-3-4-14(11-21)16(18)24/h10,14H,3-9,11H2,1-2H3,(H2,18,24)(H,19,23)/t14-/m1/s1. The smallest absolute Gasteiger partial charge is 0.347 e. The first-order chi connectivity index (χ1) is 11.9. The van der Waals surface area contributed by atoms with Gasteiger partial charge in [-0.25, -0.2) is 4.79 Å². The van der Waals surface area contributed by atoms with Crippen molar-refractivity contribution < 1.29 is 9.59 Å². The van der Waals surface area contributed by atoms with E-state index in [0.717, 1.165) is 25.1 Å². The fraction of sp³-hybridized carbons (Fsp3) is 0.647.